The molecule has 59 valence electrons. The Kier molecular flexibility index (Phi) is 1.71. The van der Waals surface area contributed by atoms with Crippen molar-refractivity contribution in [3.63, 3.8) is 0 Å². The molecule has 0 saturated heterocycles. The topological polar surface area (TPSA) is 12.0 Å². The quantitative estimate of drug-likeness (QED) is 0.669. The number of benzene rings is 2. The molecule has 0 aromatic heterocycles. The van der Waals surface area contributed by atoms with Gasteiger partial charge in [0.25, 0.3) is 0 Å². The third-order valence-corrected chi connectivity index (χ3v) is 1.95. The molecule has 0 spiro atoms. The molecule has 0 atom stereocenters. The fourth-order valence-electron chi connectivity index (χ4n) is 1.27. The molecule has 0 saturated carbocycles. The van der Waals surface area contributed by atoms with Crippen LogP contribution in [0.5, 0.6) is 0 Å². The Morgan fingerprint density at radius 1 is 1.25 bits per heavy atom. The van der Waals surface area contributed by atoms with Crippen LogP contribution in [0, 0.1) is 6.07 Å². The molecule has 0 unspecified atom stereocenters. The minimum atomic E-state index is 1.13. The van der Waals surface area contributed by atoms with Crippen LogP contribution in [-0.4, -0.2) is 7.05 Å². The Bertz CT molecular complexity index is 393. The van der Waals surface area contributed by atoms with Gasteiger partial charge in [-0.15, -0.1) is 0 Å². The molecule has 0 aliphatic carbocycles. The lowest BCUT2D eigenvalue weighted by molar-refractivity contribution is 1.53. The Morgan fingerprint density at radius 3 is 3.00 bits per heavy atom. The van der Waals surface area contributed by atoms with E-state index in [1.54, 1.807) is 0 Å². The summed E-state index contributed by atoms with van der Waals surface area (Å²) in [5, 5.41) is 5.49. The number of hydrogen-bond donors (Lipinski definition) is 1. The van der Waals surface area contributed by atoms with Gasteiger partial charge in [0.2, 0.25) is 0 Å². The molecule has 1 radical (unpaired) electrons. The summed E-state index contributed by atoms with van der Waals surface area (Å²) >= 11 is 0. The molecule has 2 rings (SSSR count). The van der Waals surface area contributed by atoms with Crippen molar-refractivity contribution in [2.75, 3.05) is 12.4 Å². The zero-order valence-electron chi connectivity index (χ0n) is 6.96. The summed E-state index contributed by atoms with van der Waals surface area (Å²) < 4.78 is 0. The van der Waals surface area contributed by atoms with Crippen molar-refractivity contribution >= 4 is 16.5 Å². The molecular weight excluding hydrogens is 146 g/mol. The summed E-state index contributed by atoms with van der Waals surface area (Å²) in [5.74, 6) is 0. The monoisotopic (exact) mass is 156 g/mol. The van der Waals surface area contributed by atoms with Crippen molar-refractivity contribution in [2.45, 2.75) is 0 Å². The molecular formula is C11H10N. The summed E-state index contributed by atoms with van der Waals surface area (Å²) in [6.07, 6.45) is 0. The minimum absolute atomic E-state index is 1.13. The summed E-state index contributed by atoms with van der Waals surface area (Å²) in [4.78, 5) is 0. The summed E-state index contributed by atoms with van der Waals surface area (Å²) in [5.41, 5.74) is 1.13. The lowest BCUT2D eigenvalue weighted by Gasteiger charge is -2.01. The molecule has 0 bridgehead atoms. The molecule has 1 heteroatoms. The third-order valence-electron chi connectivity index (χ3n) is 1.95. The zero-order valence-corrected chi connectivity index (χ0v) is 6.96. The standard InChI is InChI=1S/C11H10N/c1-12-11-7-6-9-4-2-3-5-10(9)8-11/h2-4,6-8,12H,1H3. The lowest BCUT2D eigenvalue weighted by atomic mass is 10.1. The smallest absolute Gasteiger partial charge is 0.0344 e. The zero-order chi connectivity index (χ0) is 8.39. The van der Waals surface area contributed by atoms with Crippen LogP contribution < -0.4 is 5.32 Å². The maximum Gasteiger partial charge on any atom is 0.0344 e. The van der Waals surface area contributed by atoms with Crippen LogP contribution in [-0.2, 0) is 0 Å². The molecule has 0 aliphatic heterocycles. The first kappa shape index (κ1) is 7.17. The summed E-state index contributed by atoms with van der Waals surface area (Å²) in [6, 6.07) is 15.5. The van der Waals surface area contributed by atoms with Crippen LogP contribution in [0.25, 0.3) is 10.8 Å². The molecule has 12 heavy (non-hydrogen) atoms. The predicted molar refractivity (Wildman–Crippen MR) is 52.3 cm³/mol. The normalized spacial score (nSPS) is 10.1. The number of nitrogens with one attached hydrogen (secondary N) is 1. The second kappa shape index (κ2) is 2.86. The van der Waals surface area contributed by atoms with E-state index in [-0.39, 0.29) is 0 Å². The van der Waals surface area contributed by atoms with E-state index in [0.717, 1.165) is 11.1 Å². The highest BCUT2D eigenvalue weighted by Gasteiger charge is 1.92. The van der Waals surface area contributed by atoms with Crippen LogP contribution in [0.1, 0.15) is 0 Å². The van der Waals surface area contributed by atoms with Gasteiger partial charge in [0.05, 0.1) is 0 Å². The van der Waals surface area contributed by atoms with Gasteiger partial charge < -0.3 is 5.32 Å². The second-order valence-electron chi connectivity index (χ2n) is 2.72. The predicted octanol–water partition coefficient (Wildman–Crippen LogP) is 2.68. The van der Waals surface area contributed by atoms with Gasteiger partial charge in [-0.05, 0) is 29.0 Å². The molecule has 2 aromatic carbocycles. The van der Waals surface area contributed by atoms with Crippen LogP contribution in [0.4, 0.5) is 5.69 Å². The highest BCUT2D eigenvalue weighted by atomic mass is 14.8. The maximum atomic E-state index is 3.19. The highest BCUT2D eigenvalue weighted by Crippen LogP contribution is 2.17. The van der Waals surface area contributed by atoms with Gasteiger partial charge in [0.1, 0.15) is 0 Å². The van der Waals surface area contributed by atoms with Gasteiger partial charge in [-0.2, -0.15) is 0 Å². The molecule has 1 nitrogen and oxygen atoms in total. The Labute approximate surface area is 72.0 Å². The SMILES string of the molecule is CNc1ccc2ccc[c]c2c1. The first-order valence-corrected chi connectivity index (χ1v) is 3.98. The van der Waals surface area contributed by atoms with Gasteiger partial charge in [0, 0.05) is 12.7 Å². The summed E-state index contributed by atoms with van der Waals surface area (Å²) in [7, 11) is 1.92. The van der Waals surface area contributed by atoms with E-state index < -0.39 is 0 Å². The first-order valence-electron chi connectivity index (χ1n) is 3.98. The van der Waals surface area contributed by atoms with E-state index in [4.69, 9.17) is 0 Å². The molecule has 2 aromatic rings. The van der Waals surface area contributed by atoms with E-state index in [2.05, 4.69) is 35.6 Å². The van der Waals surface area contributed by atoms with E-state index in [9.17, 15) is 0 Å². The van der Waals surface area contributed by atoms with Crippen LogP contribution in [0.15, 0.2) is 36.4 Å². The van der Waals surface area contributed by atoms with Gasteiger partial charge in [0.15, 0.2) is 0 Å². The van der Waals surface area contributed by atoms with E-state index in [0.29, 0.717) is 0 Å². The Balaban J connectivity index is 2.67. The Hall–Kier alpha value is -1.50. The number of rotatable bonds is 1. The van der Waals surface area contributed by atoms with Crippen LogP contribution in [0.2, 0.25) is 0 Å². The number of anilines is 1. The molecule has 0 heterocycles. The largest absolute Gasteiger partial charge is 0.388 e. The van der Waals surface area contributed by atoms with Crippen molar-refractivity contribution < 1.29 is 0 Å². The van der Waals surface area contributed by atoms with E-state index >= 15 is 0 Å². The molecule has 0 amide bonds. The first-order chi connectivity index (χ1) is 5.90. The van der Waals surface area contributed by atoms with Crippen molar-refractivity contribution in [1.29, 1.82) is 0 Å². The van der Waals surface area contributed by atoms with Crippen LogP contribution >= 0.6 is 0 Å². The van der Waals surface area contributed by atoms with Crippen molar-refractivity contribution in [1.82, 2.24) is 0 Å². The molecule has 0 aliphatic rings. The van der Waals surface area contributed by atoms with E-state index in [1.165, 1.54) is 5.39 Å². The number of fused-ring (bicyclic) bond motifs is 1. The average Bonchev–Trinajstić information content (AvgIpc) is 2.17. The van der Waals surface area contributed by atoms with Gasteiger partial charge in [-0.1, -0.05) is 24.3 Å². The van der Waals surface area contributed by atoms with Crippen molar-refractivity contribution in [2.24, 2.45) is 0 Å². The van der Waals surface area contributed by atoms with Crippen molar-refractivity contribution in [3.8, 4) is 0 Å². The fourth-order valence-corrected chi connectivity index (χ4v) is 1.27. The van der Waals surface area contributed by atoms with Crippen LogP contribution in [0.3, 0.4) is 0 Å². The highest BCUT2D eigenvalue weighted by molar-refractivity contribution is 5.85. The Morgan fingerprint density at radius 2 is 2.17 bits per heavy atom. The lowest BCUT2D eigenvalue weighted by Crippen LogP contribution is -1.86. The minimum Gasteiger partial charge on any atom is -0.388 e. The van der Waals surface area contributed by atoms with Gasteiger partial charge in [-0.25, -0.2) is 0 Å². The maximum absolute atomic E-state index is 3.19. The van der Waals surface area contributed by atoms with Gasteiger partial charge >= 0.3 is 0 Å². The van der Waals surface area contributed by atoms with Gasteiger partial charge in [-0.3, -0.25) is 0 Å². The van der Waals surface area contributed by atoms with E-state index in [1.807, 2.05) is 19.2 Å². The molecule has 0 fully saturated rings. The average molecular weight is 156 g/mol. The molecule has 1 N–H and O–H groups in total. The fraction of sp³-hybridized carbons (Fsp3) is 0.0909. The second-order valence-corrected chi connectivity index (χ2v) is 2.72. The summed E-state index contributed by atoms with van der Waals surface area (Å²) in [6.45, 7) is 0. The third kappa shape index (κ3) is 1.14. The van der Waals surface area contributed by atoms with Crippen molar-refractivity contribution in [3.05, 3.63) is 42.5 Å². The number of hydrogen-bond acceptors (Lipinski definition) is 1.